The minimum absolute atomic E-state index is 0.0574. The standard InChI is InChI=1S/C19H34N4O2/c1-14(2)20-17(25)23-10-8-18(9-11-23)6-7-19(16(24)21(3)4)13-22(5)12-15(18)19/h14-15H,6-13H2,1-5H3,(H,20,25)/t15-,19+/m0/s1. The van der Waals surface area contributed by atoms with E-state index in [0.717, 1.165) is 51.9 Å². The van der Waals surface area contributed by atoms with Gasteiger partial charge in [-0.1, -0.05) is 0 Å². The van der Waals surface area contributed by atoms with E-state index in [-0.39, 0.29) is 22.9 Å². The van der Waals surface area contributed by atoms with Gasteiger partial charge >= 0.3 is 6.03 Å². The predicted octanol–water partition coefficient (Wildman–Crippen LogP) is 1.62. The molecule has 2 aliphatic heterocycles. The van der Waals surface area contributed by atoms with Crippen molar-refractivity contribution >= 4 is 11.9 Å². The molecule has 3 fully saturated rings. The number of nitrogens with zero attached hydrogens (tertiary/aromatic N) is 3. The van der Waals surface area contributed by atoms with Crippen LogP contribution in [0.25, 0.3) is 0 Å². The van der Waals surface area contributed by atoms with E-state index in [9.17, 15) is 9.59 Å². The van der Waals surface area contributed by atoms with Gasteiger partial charge in [0.05, 0.1) is 5.41 Å². The van der Waals surface area contributed by atoms with Crippen LogP contribution in [0, 0.1) is 16.7 Å². The molecule has 0 radical (unpaired) electrons. The fourth-order valence-electron chi connectivity index (χ4n) is 5.68. The van der Waals surface area contributed by atoms with Gasteiger partial charge in [0.15, 0.2) is 0 Å². The minimum atomic E-state index is -0.208. The Bertz CT molecular complexity index is 540. The van der Waals surface area contributed by atoms with E-state index in [4.69, 9.17) is 0 Å². The summed E-state index contributed by atoms with van der Waals surface area (Å²) < 4.78 is 0. The SMILES string of the molecule is CC(C)NC(=O)N1CCC2(CC1)CC[C@@]1(C(=O)N(C)C)CN(C)C[C@@H]21. The molecule has 1 N–H and O–H groups in total. The number of urea groups is 1. The molecule has 2 atom stereocenters. The van der Waals surface area contributed by atoms with E-state index in [1.807, 2.05) is 32.8 Å². The molecule has 0 bridgehead atoms. The van der Waals surface area contributed by atoms with Crippen molar-refractivity contribution < 1.29 is 9.59 Å². The zero-order valence-electron chi connectivity index (χ0n) is 16.5. The molecule has 6 nitrogen and oxygen atoms in total. The molecule has 0 unspecified atom stereocenters. The lowest BCUT2D eigenvalue weighted by Crippen LogP contribution is -2.52. The molecule has 1 saturated carbocycles. The number of rotatable bonds is 2. The Labute approximate surface area is 151 Å². The molecule has 2 heterocycles. The topological polar surface area (TPSA) is 55.9 Å². The van der Waals surface area contributed by atoms with E-state index in [1.165, 1.54) is 0 Å². The van der Waals surface area contributed by atoms with E-state index >= 15 is 0 Å². The van der Waals surface area contributed by atoms with Crippen LogP contribution in [0.1, 0.15) is 39.5 Å². The van der Waals surface area contributed by atoms with Gasteiger partial charge in [-0.25, -0.2) is 4.79 Å². The van der Waals surface area contributed by atoms with Crippen molar-refractivity contribution in [2.75, 3.05) is 47.3 Å². The van der Waals surface area contributed by atoms with E-state index in [0.29, 0.717) is 11.8 Å². The quantitative estimate of drug-likeness (QED) is 0.823. The zero-order valence-corrected chi connectivity index (χ0v) is 16.5. The number of piperidine rings is 1. The van der Waals surface area contributed by atoms with Crippen molar-refractivity contribution in [2.45, 2.75) is 45.6 Å². The molecule has 25 heavy (non-hydrogen) atoms. The van der Waals surface area contributed by atoms with Crippen LogP contribution in [0.5, 0.6) is 0 Å². The Morgan fingerprint density at radius 3 is 2.32 bits per heavy atom. The Morgan fingerprint density at radius 1 is 1.12 bits per heavy atom. The van der Waals surface area contributed by atoms with Gasteiger partial charge in [0.25, 0.3) is 0 Å². The van der Waals surface area contributed by atoms with Crippen LogP contribution in [0.4, 0.5) is 4.79 Å². The summed E-state index contributed by atoms with van der Waals surface area (Å²) in [5.74, 6) is 0.730. The average Bonchev–Trinajstić information content (AvgIpc) is 3.02. The highest BCUT2D eigenvalue weighted by molar-refractivity contribution is 5.84. The predicted molar refractivity (Wildman–Crippen MR) is 98.3 cm³/mol. The van der Waals surface area contributed by atoms with Crippen LogP contribution >= 0.6 is 0 Å². The number of carbonyl (C=O) groups excluding carboxylic acids is 2. The second-order valence-electron chi connectivity index (χ2n) is 9.06. The van der Waals surface area contributed by atoms with Crippen molar-refractivity contribution in [2.24, 2.45) is 16.7 Å². The molecule has 2 saturated heterocycles. The van der Waals surface area contributed by atoms with Crippen molar-refractivity contribution in [1.82, 2.24) is 20.0 Å². The lowest BCUT2D eigenvalue weighted by molar-refractivity contribution is -0.141. The molecule has 142 valence electrons. The second-order valence-corrected chi connectivity index (χ2v) is 9.06. The highest BCUT2D eigenvalue weighted by Gasteiger charge is 2.64. The van der Waals surface area contributed by atoms with Gasteiger partial charge in [-0.15, -0.1) is 0 Å². The molecule has 1 aliphatic carbocycles. The lowest BCUT2D eigenvalue weighted by atomic mass is 9.65. The molecular weight excluding hydrogens is 316 g/mol. The molecule has 0 aromatic rings. The Hall–Kier alpha value is -1.30. The number of hydrogen-bond acceptors (Lipinski definition) is 3. The Morgan fingerprint density at radius 2 is 1.76 bits per heavy atom. The number of fused-ring (bicyclic) bond motifs is 2. The maximum absolute atomic E-state index is 13.0. The minimum Gasteiger partial charge on any atom is -0.348 e. The first-order valence-corrected chi connectivity index (χ1v) is 9.66. The molecule has 3 amide bonds. The average molecular weight is 351 g/mol. The van der Waals surface area contributed by atoms with Crippen molar-refractivity contribution in [3.05, 3.63) is 0 Å². The Kier molecular flexibility index (Phi) is 4.77. The van der Waals surface area contributed by atoms with Gasteiger partial charge in [-0.2, -0.15) is 0 Å². The third-order valence-electron chi connectivity index (χ3n) is 6.81. The van der Waals surface area contributed by atoms with E-state index in [2.05, 4.69) is 17.3 Å². The van der Waals surface area contributed by atoms with Crippen molar-refractivity contribution in [1.29, 1.82) is 0 Å². The summed E-state index contributed by atoms with van der Waals surface area (Å²) in [6.45, 7) is 7.51. The fraction of sp³-hybridized carbons (Fsp3) is 0.895. The van der Waals surface area contributed by atoms with Gasteiger partial charge in [-0.05, 0) is 57.9 Å². The van der Waals surface area contributed by atoms with Crippen LogP contribution in [0.3, 0.4) is 0 Å². The molecule has 1 spiro atoms. The van der Waals surface area contributed by atoms with Crippen LogP contribution in [-0.2, 0) is 4.79 Å². The summed E-state index contributed by atoms with van der Waals surface area (Å²) in [6, 6.07) is 0.228. The van der Waals surface area contributed by atoms with Crippen molar-refractivity contribution in [3.8, 4) is 0 Å². The van der Waals surface area contributed by atoms with Gasteiger partial charge in [0, 0.05) is 46.3 Å². The zero-order chi connectivity index (χ0) is 18.4. The van der Waals surface area contributed by atoms with Gasteiger partial charge < -0.3 is 20.0 Å². The third-order valence-corrected chi connectivity index (χ3v) is 6.81. The van der Waals surface area contributed by atoms with Gasteiger partial charge in [0.1, 0.15) is 0 Å². The van der Waals surface area contributed by atoms with Gasteiger partial charge in [-0.3, -0.25) is 4.79 Å². The molecular formula is C19H34N4O2. The first-order valence-electron chi connectivity index (χ1n) is 9.66. The summed E-state index contributed by atoms with van der Waals surface area (Å²) in [4.78, 5) is 31.4. The maximum Gasteiger partial charge on any atom is 0.317 e. The van der Waals surface area contributed by atoms with E-state index in [1.54, 1.807) is 4.90 Å². The number of amides is 3. The largest absolute Gasteiger partial charge is 0.348 e. The normalized spacial score (nSPS) is 31.4. The molecule has 6 heteroatoms. The smallest absolute Gasteiger partial charge is 0.317 e. The molecule has 3 aliphatic rings. The molecule has 0 aromatic carbocycles. The molecule has 0 aromatic heterocycles. The summed E-state index contributed by atoms with van der Waals surface area (Å²) in [5, 5.41) is 3.00. The third kappa shape index (κ3) is 3.03. The number of carbonyl (C=O) groups is 2. The lowest BCUT2D eigenvalue weighted by Gasteiger charge is -2.44. The fourth-order valence-corrected chi connectivity index (χ4v) is 5.68. The highest BCUT2D eigenvalue weighted by atomic mass is 16.2. The highest BCUT2D eigenvalue weighted by Crippen LogP contribution is 2.62. The van der Waals surface area contributed by atoms with Crippen LogP contribution < -0.4 is 5.32 Å². The Balaban J connectivity index is 1.74. The monoisotopic (exact) mass is 350 g/mol. The molecule has 3 rings (SSSR count). The van der Waals surface area contributed by atoms with Crippen LogP contribution in [0.15, 0.2) is 0 Å². The van der Waals surface area contributed by atoms with Gasteiger partial charge in [0.2, 0.25) is 5.91 Å². The van der Waals surface area contributed by atoms with Crippen molar-refractivity contribution in [3.63, 3.8) is 0 Å². The second kappa shape index (κ2) is 6.45. The summed E-state index contributed by atoms with van der Waals surface area (Å²) in [6.07, 6.45) is 4.18. The van der Waals surface area contributed by atoms with Crippen LogP contribution in [-0.4, -0.2) is 80.0 Å². The summed E-state index contributed by atoms with van der Waals surface area (Å²) >= 11 is 0. The number of likely N-dealkylation sites (tertiary alicyclic amines) is 2. The summed E-state index contributed by atoms with van der Waals surface area (Å²) in [5.41, 5.74) is 0.0195. The van der Waals surface area contributed by atoms with Crippen LogP contribution in [0.2, 0.25) is 0 Å². The maximum atomic E-state index is 13.0. The van der Waals surface area contributed by atoms with E-state index < -0.39 is 0 Å². The summed E-state index contributed by atoms with van der Waals surface area (Å²) in [7, 11) is 5.91. The number of nitrogens with one attached hydrogen (secondary N) is 1. The first kappa shape index (κ1) is 18.5. The number of hydrogen-bond donors (Lipinski definition) is 1. The first-order chi connectivity index (χ1) is 11.7.